The topological polar surface area (TPSA) is 79.2 Å². The number of aromatic amines is 1. The van der Waals surface area contributed by atoms with Gasteiger partial charge < -0.3 is 9.88 Å². The lowest BCUT2D eigenvalue weighted by atomic mass is 9.96. The molecule has 3 heterocycles. The van der Waals surface area contributed by atoms with Crippen molar-refractivity contribution in [2.75, 3.05) is 32.7 Å². The zero-order chi connectivity index (χ0) is 26.6. The molecule has 1 N–H and O–H groups in total. The second-order valence-corrected chi connectivity index (χ2v) is 10.7. The average Bonchev–Trinajstić information content (AvgIpc) is 3.36. The van der Waals surface area contributed by atoms with Gasteiger partial charge in [0.1, 0.15) is 11.3 Å². The smallest absolute Gasteiger partial charge is 0.332 e. The lowest BCUT2D eigenvalue weighted by molar-refractivity contribution is 0.108. The number of piperazine rings is 1. The number of H-pyrrole nitrogens is 1. The highest BCUT2D eigenvalue weighted by atomic mass is 16.2. The SMILES string of the molecule is CC(C)Cn1c(=O)n(C)c(=O)c2[nH]c(CCCN3CCN(C(c4ccccc4)c4ccccc4)CC3)nc21. The molecule has 0 saturated carbocycles. The van der Waals surface area contributed by atoms with Crippen LogP contribution in [0, 0.1) is 5.92 Å². The van der Waals surface area contributed by atoms with Gasteiger partial charge in [-0.25, -0.2) is 9.78 Å². The van der Waals surface area contributed by atoms with Crippen LogP contribution in [0.25, 0.3) is 11.2 Å². The first-order valence-corrected chi connectivity index (χ1v) is 13.7. The zero-order valence-electron chi connectivity index (χ0n) is 22.6. The van der Waals surface area contributed by atoms with Crippen molar-refractivity contribution in [2.45, 2.75) is 39.3 Å². The van der Waals surface area contributed by atoms with Crippen LogP contribution in [0.2, 0.25) is 0 Å². The molecule has 0 spiro atoms. The highest BCUT2D eigenvalue weighted by Gasteiger charge is 2.26. The minimum absolute atomic E-state index is 0.265. The van der Waals surface area contributed by atoms with E-state index in [2.05, 4.69) is 94.3 Å². The maximum atomic E-state index is 12.7. The molecule has 200 valence electrons. The van der Waals surface area contributed by atoms with E-state index in [0.717, 1.165) is 51.4 Å². The molecule has 2 aromatic carbocycles. The van der Waals surface area contributed by atoms with E-state index in [1.807, 2.05) is 0 Å². The summed E-state index contributed by atoms with van der Waals surface area (Å²) in [5.41, 5.74) is 2.94. The van der Waals surface area contributed by atoms with Crippen LogP contribution in [0.3, 0.4) is 0 Å². The summed E-state index contributed by atoms with van der Waals surface area (Å²) in [6, 6.07) is 21.8. The zero-order valence-corrected chi connectivity index (χ0v) is 22.6. The van der Waals surface area contributed by atoms with E-state index in [4.69, 9.17) is 0 Å². The van der Waals surface area contributed by atoms with Crippen LogP contribution in [0.1, 0.15) is 43.3 Å². The summed E-state index contributed by atoms with van der Waals surface area (Å²) in [4.78, 5) is 38.4. The summed E-state index contributed by atoms with van der Waals surface area (Å²) in [6.07, 6.45) is 1.68. The molecule has 8 nitrogen and oxygen atoms in total. The fourth-order valence-electron chi connectivity index (χ4n) is 5.53. The van der Waals surface area contributed by atoms with E-state index < -0.39 is 0 Å². The number of benzene rings is 2. The summed E-state index contributed by atoms with van der Waals surface area (Å²) in [5.74, 6) is 1.04. The molecule has 0 unspecified atom stereocenters. The van der Waals surface area contributed by atoms with Gasteiger partial charge in [0.25, 0.3) is 5.56 Å². The third-order valence-electron chi connectivity index (χ3n) is 7.46. The van der Waals surface area contributed by atoms with Crippen LogP contribution in [-0.4, -0.2) is 61.6 Å². The molecular formula is C30H38N6O2. The Balaban J connectivity index is 1.22. The molecule has 1 aliphatic heterocycles. The summed E-state index contributed by atoms with van der Waals surface area (Å²) in [7, 11) is 1.53. The predicted octanol–water partition coefficient (Wildman–Crippen LogP) is 3.42. The molecule has 0 radical (unpaired) electrons. The Hall–Kier alpha value is -3.49. The molecule has 0 amide bonds. The standard InChI is InChI=1S/C30H38N6O2/c1-22(2)21-36-28-26(29(37)33(3)30(36)38)31-25(32-28)15-10-16-34-17-19-35(20-18-34)27(23-11-6-4-7-12-23)24-13-8-5-9-14-24/h4-9,11-14,22,27H,10,15-21H2,1-3H3,(H,31,32). The van der Waals surface area contributed by atoms with Gasteiger partial charge in [0.05, 0.1) is 6.04 Å². The first-order valence-electron chi connectivity index (χ1n) is 13.7. The van der Waals surface area contributed by atoms with E-state index in [9.17, 15) is 9.59 Å². The average molecular weight is 515 g/mol. The number of aromatic nitrogens is 4. The molecule has 2 aromatic heterocycles. The molecule has 0 aliphatic carbocycles. The van der Waals surface area contributed by atoms with Crippen molar-refractivity contribution in [1.29, 1.82) is 0 Å². The molecule has 1 saturated heterocycles. The normalized spacial score (nSPS) is 15.2. The number of aryl methyl sites for hydroxylation is 1. The molecule has 1 aliphatic rings. The molecule has 38 heavy (non-hydrogen) atoms. The van der Waals surface area contributed by atoms with Gasteiger partial charge >= 0.3 is 5.69 Å². The summed E-state index contributed by atoms with van der Waals surface area (Å²) in [6.45, 7) is 9.67. The molecule has 0 bridgehead atoms. The summed E-state index contributed by atoms with van der Waals surface area (Å²) < 4.78 is 2.79. The van der Waals surface area contributed by atoms with Crippen LogP contribution in [0.4, 0.5) is 0 Å². The maximum absolute atomic E-state index is 12.7. The van der Waals surface area contributed by atoms with E-state index in [1.165, 1.54) is 22.7 Å². The van der Waals surface area contributed by atoms with Gasteiger partial charge in [0.2, 0.25) is 0 Å². The van der Waals surface area contributed by atoms with Gasteiger partial charge in [0.15, 0.2) is 5.65 Å². The number of hydrogen-bond acceptors (Lipinski definition) is 5. The van der Waals surface area contributed by atoms with Crippen LogP contribution >= 0.6 is 0 Å². The van der Waals surface area contributed by atoms with Crippen LogP contribution in [0.5, 0.6) is 0 Å². The Morgan fingerprint density at radius 2 is 1.50 bits per heavy atom. The number of rotatable bonds is 9. The summed E-state index contributed by atoms with van der Waals surface area (Å²) in [5, 5.41) is 0. The monoisotopic (exact) mass is 514 g/mol. The highest BCUT2D eigenvalue weighted by Crippen LogP contribution is 2.29. The van der Waals surface area contributed by atoms with Gasteiger partial charge in [-0.3, -0.25) is 18.8 Å². The molecule has 1 fully saturated rings. The maximum Gasteiger partial charge on any atom is 0.332 e. The van der Waals surface area contributed by atoms with Gasteiger partial charge in [0, 0.05) is 46.2 Å². The Morgan fingerprint density at radius 1 is 0.895 bits per heavy atom. The lowest BCUT2D eigenvalue weighted by Gasteiger charge is -2.39. The Morgan fingerprint density at radius 3 is 2.08 bits per heavy atom. The van der Waals surface area contributed by atoms with Gasteiger partial charge in [-0.05, 0) is 30.0 Å². The Labute approximate surface area is 223 Å². The molecule has 5 rings (SSSR count). The van der Waals surface area contributed by atoms with E-state index >= 15 is 0 Å². The van der Waals surface area contributed by atoms with Crippen molar-refractivity contribution in [1.82, 2.24) is 28.9 Å². The first kappa shape index (κ1) is 26.1. The number of nitrogens with one attached hydrogen (secondary N) is 1. The van der Waals surface area contributed by atoms with Gasteiger partial charge in [-0.2, -0.15) is 0 Å². The van der Waals surface area contributed by atoms with Crippen LogP contribution in [0.15, 0.2) is 70.3 Å². The van der Waals surface area contributed by atoms with Crippen molar-refractivity contribution in [3.05, 3.63) is 98.5 Å². The van der Waals surface area contributed by atoms with Crippen molar-refractivity contribution < 1.29 is 0 Å². The van der Waals surface area contributed by atoms with Gasteiger partial charge in [-0.1, -0.05) is 74.5 Å². The fraction of sp³-hybridized carbons (Fsp3) is 0.433. The van der Waals surface area contributed by atoms with E-state index in [1.54, 1.807) is 4.57 Å². The summed E-state index contributed by atoms with van der Waals surface area (Å²) >= 11 is 0. The molecule has 0 atom stereocenters. The molecular weight excluding hydrogens is 476 g/mol. The van der Waals surface area contributed by atoms with E-state index in [0.29, 0.717) is 17.7 Å². The number of imidazole rings is 1. The van der Waals surface area contributed by atoms with Crippen LogP contribution < -0.4 is 11.2 Å². The second kappa shape index (κ2) is 11.5. The third kappa shape index (κ3) is 5.51. The largest absolute Gasteiger partial charge is 0.336 e. The predicted molar refractivity (Wildman–Crippen MR) is 151 cm³/mol. The third-order valence-corrected chi connectivity index (χ3v) is 7.46. The minimum atomic E-state index is -0.314. The Bertz CT molecular complexity index is 1420. The Kier molecular flexibility index (Phi) is 7.90. The number of fused-ring (bicyclic) bond motifs is 1. The fourth-order valence-corrected chi connectivity index (χ4v) is 5.53. The lowest BCUT2D eigenvalue weighted by Crippen LogP contribution is -2.48. The van der Waals surface area contributed by atoms with Crippen molar-refractivity contribution in [3.8, 4) is 0 Å². The highest BCUT2D eigenvalue weighted by molar-refractivity contribution is 5.69. The van der Waals surface area contributed by atoms with Crippen molar-refractivity contribution in [2.24, 2.45) is 13.0 Å². The van der Waals surface area contributed by atoms with Crippen LogP contribution in [-0.2, 0) is 20.0 Å². The van der Waals surface area contributed by atoms with E-state index in [-0.39, 0.29) is 23.2 Å². The molecule has 8 heteroatoms. The number of hydrogen-bond donors (Lipinski definition) is 1. The molecule has 4 aromatic rings. The van der Waals surface area contributed by atoms with Gasteiger partial charge in [-0.15, -0.1) is 0 Å². The number of nitrogens with zero attached hydrogens (tertiary/aromatic N) is 5. The van der Waals surface area contributed by atoms with Crippen molar-refractivity contribution >= 4 is 11.2 Å². The first-order chi connectivity index (χ1) is 18.4. The second-order valence-electron chi connectivity index (χ2n) is 10.7. The quantitative estimate of drug-likeness (QED) is 0.370. The minimum Gasteiger partial charge on any atom is -0.336 e. The van der Waals surface area contributed by atoms with Crippen molar-refractivity contribution in [3.63, 3.8) is 0 Å².